The Labute approximate surface area is 191 Å². The molecule has 0 radical (unpaired) electrons. The molecule has 0 nitrogen and oxygen atoms in total. The number of allylic oxidation sites excluding steroid dienone is 1. The van der Waals surface area contributed by atoms with Gasteiger partial charge in [-0.2, -0.15) is 0 Å². The largest absolute Gasteiger partial charge is 0.206 e. The van der Waals surface area contributed by atoms with Crippen LogP contribution < -0.4 is 0 Å². The maximum atomic E-state index is 15.5. The molecule has 0 fully saturated rings. The Kier molecular flexibility index (Phi) is 7.17. The minimum Gasteiger partial charge on any atom is -0.206 e. The maximum Gasteiger partial charge on any atom is 0.138 e. The van der Waals surface area contributed by atoms with Gasteiger partial charge in [0.15, 0.2) is 0 Å². The highest BCUT2D eigenvalue weighted by molar-refractivity contribution is 5.90. The van der Waals surface area contributed by atoms with Gasteiger partial charge < -0.3 is 0 Å². The molecule has 0 aromatic heterocycles. The number of hydrogen-bond donors (Lipinski definition) is 0. The normalized spacial score (nSPS) is 11.1. The third-order valence-corrected chi connectivity index (χ3v) is 6.23. The molecular formula is C31H31F. The smallest absolute Gasteiger partial charge is 0.138 e. The van der Waals surface area contributed by atoms with Gasteiger partial charge in [0.05, 0.1) is 0 Å². The van der Waals surface area contributed by atoms with Crippen LogP contribution in [0.4, 0.5) is 4.39 Å². The summed E-state index contributed by atoms with van der Waals surface area (Å²) < 4.78 is 15.5. The average Bonchev–Trinajstić information content (AvgIpc) is 2.83. The molecule has 0 atom stereocenters. The molecule has 4 aromatic rings. The SMILES string of the molecule is C=CCCc1ccc(-c2ccc3c(CCc4ccc(CCC)cc4)cccc3c2F)cc1. The Balaban J connectivity index is 1.56. The lowest BCUT2D eigenvalue weighted by atomic mass is 9.94. The fourth-order valence-electron chi connectivity index (χ4n) is 4.39. The zero-order valence-corrected chi connectivity index (χ0v) is 18.9. The van der Waals surface area contributed by atoms with Gasteiger partial charge in [-0.1, -0.05) is 98.3 Å². The van der Waals surface area contributed by atoms with Gasteiger partial charge in [0.25, 0.3) is 0 Å². The predicted molar refractivity (Wildman–Crippen MR) is 136 cm³/mol. The first-order valence-electron chi connectivity index (χ1n) is 11.7. The third kappa shape index (κ3) is 4.99. The van der Waals surface area contributed by atoms with Crippen molar-refractivity contribution < 1.29 is 4.39 Å². The number of rotatable bonds is 9. The third-order valence-electron chi connectivity index (χ3n) is 6.23. The first kappa shape index (κ1) is 22.0. The average molecular weight is 423 g/mol. The Morgan fingerprint density at radius 2 is 1.34 bits per heavy atom. The van der Waals surface area contributed by atoms with Crippen LogP contribution in [0.5, 0.6) is 0 Å². The molecule has 0 heterocycles. The number of halogens is 1. The minimum atomic E-state index is -0.132. The first-order chi connectivity index (χ1) is 15.7. The number of benzene rings is 4. The van der Waals surface area contributed by atoms with Crippen LogP contribution in [0, 0.1) is 5.82 Å². The van der Waals surface area contributed by atoms with Gasteiger partial charge >= 0.3 is 0 Å². The fourth-order valence-corrected chi connectivity index (χ4v) is 4.39. The molecule has 0 saturated carbocycles. The van der Waals surface area contributed by atoms with E-state index >= 15 is 4.39 Å². The molecule has 0 spiro atoms. The minimum absolute atomic E-state index is 0.132. The molecule has 0 unspecified atom stereocenters. The van der Waals surface area contributed by atoms with E-state index < -0.39 is 0 Å². The van der Waals surface area contributed by atoms with E-state index in [1.807, 2.05) is 36.4 Å². The molecule has 32 heavy (non-hydrogen) atoms. The molecule has 162 valence electrons. The summed E-state index contributed by atoms with van der Waals surface area (Å²) >= 11 is 0. The van der Waals surface area contributed by atoms with E-state index in [1.165, 1.54) is 28.7 Å². The summed E-state index contributed by atoms with van der Waals surface area (Å²) in [5, 5.41) is 1.72. The molecule has 0 aliphatic rings. The fraction of sp³-hybridized carbons (Fsp3) is 0.226. The second kappa shape index (κ2) is 10.4. The Hall–Kier alpha value is -3.19. The monoisotopic (exact) mass is 422 g/mol. The van der Waals surface area contributed by atoms with Gasteiger partial charge in [0, 0.05) is 10.9 Å². The van der Waals surface area contributed by atoms with Crippen molar-refractivity contribution in [1.82, 2.24) is 0 Å². The van der Waals surface area contributed by atoms with Crippen molar-refractivity contribution in [2.24, 2.45) is 0 Å². The van der Waals surface area contributed by atoms with E-state index in [9.17, 15) is 0 Å². The van der Waals surface area contributed by atoms with Crippen molar-refractivity contribution in [3.63, 3.8) is 0 Å². The quantitative estimate of drug-likeness (QED) is 0.237. The Bertz CT molecular complexity index is 1180. The zero-order chi connectivity index (χ0) is 22.3. The van der Waals surface area contributed by atoms with Gasteiger partial charge in [0.2, 0.25) is 0 Å². The molecule has 4 aromatic carbocycles. The summed E-state index contributed by atoms with van der Waals surface area (Å²) in [5.74, 6) is -0.132. The van der Waals surface area contributed by atoms with Gasteiger partial charge in [-0.3, -0.25) is 0 Å². The summed E-state index contributed by atoms with van der Waals surface area (Å²) in [6.45, 7) is 5.99. The molecule has 0 saturated heterocycles. The van der Waals surface area contributed by atoms with Gasteiger partial charge in [-0.05, 0) is 65.3 Å². The van der Waals surface area contributed by atoms with Crippen molar-refractivity contribution in [1.29, 1.82) is 0 Å². The molecule has 0 aliphatic heterocycles. The predicted octanol–water partition coefficient (Wildman–Crippen LogP) is 8.50. The lowest BCUT2D eigenvalue weighted by molar-refractivity contribution is 0.643. The van der Waals surface area contributed by atoms with E-state index in [0.29, 0.717) is 10.9 Å². The van der Waals surface area contributed by atoms with E-state index in [0.717, 1.165) is 43.1 Å². The van der Waals surface area contributed by atoms with Crippen LogP contribution in [-0.2, 0) is 25.7 Å². The lowest BCUT2D eigenvalue weighted by Gasteiger charge is -2.12. The van der Waals surface area contributed by atoms with Crippen LogP contribution in [0.25, 0.3) is 21.9 Å². The van der Waals surface area contributed by atoms with E-state index in [2.05, 4.69) is 62.0 Å². The van der Waals surface area contributed by atoms with Gasteiger partial charge in [0.1, 0.15) is 5.82 Å². The van der Waals surface area contributed by atoms with Crippen LogP contribution in [0.3, 0.4) is 0 Å². The molecule has 0 amide bonds. The standard InChI is InChI=1S/C31H31F/c1-3-5-8-24-15-19-27(20-16-24)29-22-21-28-26(9-6-10-30(28)31(29)32)18-17-25-13-11-23(7-4-2)12-14-25/h3,6,9-16,19-22H,1,4-5,7-8,17-18H2,2H3. The number of fused-ring (bicyclic) bond motifs is 1. The summed E-state index contributed by atoms with van der Waals surface area (Å²) in [6.07, 6.45) is 8.01. The Morgan fingerprint density at radius 3 is 2.03 bits per heavy atom. The van der Waals surface area contributed by atoms with Crippen LogP contribution in [0.15, 0.2) is 91.5 Å². The molecular weight excluding hydrogens is 391 g/mol. The second-order valence-corrected chi connectivity index (χ2v) is 8.53. The molecule has 0 N–H and O–H groups in total. The van der Waals surface area contributed by atoms with E-state index in [1.54, 1.807) is 0 Å². The summed E-state index contributed by atoms with van der Waals surface area (Å²) in [4.78, 5) is 0. The van der Waals surface area contributed by atoms with Crippen molar-refractivity contribution in [2.45, 2.75) is 45.4 Å². The van der Waals surface area contributed by atoms with Crippen molar-refractivity contribution in [3.05, 3.63) is 120 Å². The zero-order valence-electron chi connectivity index (χ0n) is 18.9. The van der Waals surface area contributed by atoms with Gasteiger partial charge in [-0.15, -0.1) is 6.58 Å². The summed E-state index contributed by atoms with van der Waals surface area (Å²) in [5.41, 5.74) is 6.76. The highest BCUT2D eigenvalue weighted by Crippen LogP contribution is 2.31. The highest BCUT2D eigenvalue weighted by atomic mass is 19.1. The lowest BCUT2D eigenvalue weighted by Crippen LogP contribution is -1.95. The summed E-state index contributed by atoms with van der Waals surface area (Å²) in [6, 6.07) is 27.2. The highest BCUT2D eigenvalue weighted by Gasteiger charge is 2.12. The second-order valence-electron chi connectivity index (χ2n) is 8.53. The first-order valence-corrected chi connectivity index (χ1v) is 11.7. The van der Waals surface area contributed by atoms with Gasteiger partial charge in [-0.25, -0.2) is 4.39 Å². The molecule has 1 heteroatoms. The molecule has 0 bridgehead atoms. The van der Waals surface area contributed by atoms with Crippen LogP contribution in [0.1, 0.15) is 42.0 Å². The van der Waals surface area contributed by atoms with Crippen molar-refractivity contribution in [2.75, 3.05) is 0 Å². The number of hydrogen-bond acceptors (Lipinski definition) is 0. The van der Waals surface area contributed by atoms with Crippen LogP contribution >= 0.6 is 0 Å². The van der Waals surface area contributed by atoms with E-state index in [-0.39, 0.29) is 5.82 Å². The van der Waals surface area contributed by atoms with Crippen LogP contribution in [-0.4, -0.2) is 0 Å². The summed E-state index contributed by atoms with van der Waals surface area (Å²) in [7, 11) is 0. The van der Waals surface area contributed by atoms with Crippen molar-refractivity contribution in [3.8, 4) is 11.1 Å². The van der Waals surface area contributed by atoms with Crippen molar-refractivity contribution >= 4 is 10.8 Å². The number of aryl methyl sites for hydroxylation is 4. The van der Waals surface area contributed by atoms with Crippen LogP contribution in [0.2, 0.25) is 0 Å². The topological polar surface area (TPSA) is 0 Å². The molecule has 0 aliphatic carbocycles. The Morgan fingerprint density at radius 1 is 0.688 bits per heavy atom. The maximum absolute atomic E-state index is 15.5. The molecule has 4 rings (SSSR count). The van der Waals surface area contributed by atoms with E-state index in [4.69, 9.17) is 0 Å².